The number of phosphoric ester groups is 2. The molecule has 3 N–H and O–H groups in total. The number of unbranched alkanes of at least 4 members (excludes halogenated alkanes) is 41. The predicted octanol–water partition coefficient (Wildman–Crippen LogP) is 23.5. The second-order valence-corrected chi connectivity index (χ2v) is 30.2. The molecular formula is C81H148O17P2. The van der Waals surface area contributed by atoms with Crippen LogP contribution < -0.4 is 0 Å². The highest BCUT2D eigenvalue weighted by atomic mass is 31.2. The first-order chi connectivity index (χ1) is 48.7. The lowest BCUT2D eigenvalue weighted by molar-refractivity contribution is -0.161. The molecule has 0 spiro atoms. The molecule has 0 saturated carbocycles. The largest absolute Gasteiger partial charge is 0.472 e. The van der Waals surface area contributed by atoms with Gasteiger partial charge in [0.05, 0.1) is 26.4 Å². The molecule has 0 aliphatic carbocycles. The molecule has 0 fully saturated rings. The van der Waals surface area contributed by atoms with Gasteiger partial charge >= 0.3 is 39.5 Å². The summed E-state index contributed by atoms with van der Waals surface area (Å²) in [6.45, 7) is 4.80. The maximum atomic E-state index is 13.1. The lowest BCUT2D eigenvalue weighted by atomic mass is 10.0. The van der Waals surface area contributed by atoms with Crippen molar-refractivity contribution >= 4 is 39.5 Å². The normalized spacial score (nSPS) is 14.2. The maximum Gasteiger partial charge on any atom is 0.472 e. The monoisotopic (exact) mass is 1460 g/mol. The van der Waals surface area contributed by atoms with Crippen LogP contribution in [-0.2, 0) is 65.4 Å². The van der Waals surface area contributed by atoms with Gasteiger partial charge in [-0.3, -0.25) is 37.3 Å². The van der Waals surface area contributed by atoms with Crippen LogP contribution >= 0.6 is 15.6 Å². The number of aliphatic hydroxyl groups excluding tert-OH is 1. The van der Waals surface area contributed by atoms with Gasteiger partial charge in [-0.2, -0.15) is 0 Å². The van der Waals surface area contributed by atoms with Crippen LogP contribution in [-0.4, -0.2) is 96.7 Å². The van der Waals surface area contributed by atoms with Crippen molar-refractivity contribution < 1.29 is 80.2 Å². The summed E-state index contributed by atoms with van der Waals surface area (Å²) in [5.41, 5.74) is 0. The molecule has 0 aliphatic heterocycles. The standard InChI is InChI=1S/C81H148O17P2/c1-5-9-13-17-21-25-29-33-36-37-40-43-46-50-54-58-62-66-79(84)92-71-76(97-80(85)67-63-59-55-51-47-41-32-28-24-20-16-12-8-4)73-95-99(87,88)93-69-75(82)70-94-100(89,90)96-74-77(98-81(86)68-64-60-56-52-48-44-39-35-31-27-23-19-15-11-7-3)72-91-78(83)65-61-57-53-49-45-42-38-34-30-26-22-18-14-10-6-2/h9,13,21,25,28,32-34,36,38,75-77,82H,5-8,10-12,14-20,22-24,26-27,29-31,35,37,39-74H2,1-4H3,(H,87,88)(H,89,90)/b13-9-,25-21-,32-28-,36-33-,38-34-. The van der Waals surface area contributed by atoms with Gasteiger partial charge in [-0.15, -0.1) is 0 Å². The van der Waals surface area contributed by atoms with Crippen molar-refractivity contribution in [2.45, 2.75) is 393 Å². The van der Waals surface area contributed by atoms with Gasteiger partial charge in [0.15, 0.2) is 12.2 Å². The van der Waals surface area contributed by atoms with E-state index in [0.29, 0.717) is 25.7 Å². The molecule has 100 heavy (non-hydrogen) atoms. The summed E-state index contributed by atoms with van der Waals surface area (Å²) in [6, 6.07) is 0. The smallest absolute Gasteiger partial charge is 0.462 e. The van der Waals surface area contributed by atoms with Crippen molar-refractivity contribution in [1.29, 1.82) is 0 Å². The van der Waals surface area contributed by atoms with Gasteiger partial charge in [-0.25, -0.2) is 9.13 Å². The SMILES string of the molecule is CC/C=C\C/C=C\C/C=C\CCCCCCCCCC(=O)OCC(COP(=O)(O)OCC(O)COP(=O)(O)OCC(COC(=O)CCCCCCC/C=C\CCCCCCCC)OC(=O)CCCCCCCCCCCCCCCCC)OC(=O)CCCCCCC/C=C\CCCCCC. The molecule has 0 bridgehead atoms. The second-order valence-electron chi connectivity index (χ2n) is 27.3. The van der Waals surface area contributed by atoms with E-state index in [1.165, 1.54) is 128 Å². The number of rotatable bonds is 77. The van der Waals surface area contributed by atoms with Crippen molar-refractivity contribution in [3.05, 3.63) is 60.8 Å². The van der Waals surface area contributed by atoms with Crippen LogP contribution in [0.25, 0.3) is 0 Å². The lowest BCUT2D eigenvalue weighted by Gasteiger charge is -2.21. The summed E-state index contributed by atoms with van der Waals surface area (Å²) >= 11 is 0. The summed E-state index contributed by atoms with van der Waals surface area (Å²) in [7, 11) is -9.94. The van der Waals surface area contributed by atoms with Gasteiger partial charge < -0.3 is 33.8 Å². The Morgan fingerprint density at radius 1 is 0.290 bits per heavy atom. The van der Waals surface area contributed by atoms with Gasteiger partial charge in [0.1, 0.15) is 19.3 Å². The Balaban J connectivity index is 5.32. The molecule has 0 heterocycles. The summed E-state index contributed by atoms with van der Waals surface area (Å²) in [6.07, 6.45) is 73.3. The number of phosphoric acid groups is 2. The van der Waals surface area contributed by atoms with E-state index in [4.69, 9.17) is 37.0 Å². The minimum Gasteiger partial charge on any atom is -0.462 e. The van der Waals surface area contributed by atoms with Crippen LogP contribution in [0.1, 0.15) is 374 Å². The average molecular weight is 1460 g/mol. The summed E-state index contributed by atoms with van der Waals surface area (Å²) in [4.78, 5) is 73.0. The van der Waals surface area contributed by atoms with Crippen molar-refractivity contribution in [3.8, 4) is 0 Å². The zero-order valence-electron chi connectivity index (χ0n) is 63.9. The van der Waals surface area contributed by atoms with Crippen LogP contribution in [0.2, 0.25) is 0 Å². The Morgan fingerprint density at radius 3 is 0.820 bits per heavy atom. The Morgan fingerprint density at radius 2 is 0.520 bits per heavy atom. The number of carbonyl (C=O) groups excluding carboxylic acids is 4. The van der Waals surface area contributed by atoms with Crippen LogP contribution in [0.15, 0.2) is 60.8 Å². The molecule has 0 rings (SSSR count). The van der Waals surface area contributed by atoms with Crippen molar-refractivity contribution in [3.63, 3.8) is 0 Å². The molecule has 0 radical (unpaired) electrons. The number of aliphatic hydroxyl groups is 1. The molecule has 5 unspecified atom stereocenters. The number of esters is 4. The average Bonchev–Trinajstić information content (AvgIpc) is 0.965. The highest BCUT2D eigenvalue weighted by molar-refractivity contribution is 7.47. The minimum absolute atomic E-state index is 0.0862. The molecule has 0 aromatic heterocycles. The summed E-state index contributed by atoms with van der Waals surface area (Å²) < 4.78 is 68.6. The fourth-order valence-corrected chi connectivity index (χ4v) is 12.9. The second kappa shape index (κ2) is 74.0. The molecule has 0 amide bonds. The van der Waals surface area contributed by atoms with Crippen LogP contribution in [0, 0.1) is 0 Å². The Kier molecular flexibility index (Phi) is 71.6. The van der Waals surface area contributed by atoms with E-state index in [2.05, 4.69) is 88.5 Å². The number of ether oxygens (including phenoxy) is 4. The van der Waals surface area contributed by atoms with E-state index in [1.54, 1.807) is 0 Å². The number of allylic oxidation sites excluding steroid dienone is 10. The number of hydrogen-bond acceptors (Lipinski definition) is 15. The third-order valence-electron chi connectivity index (χ3n) is 17.5. The van der Waals surface area contributed by atoms with Crippen molar-refractivity contribution in [1.82, 2.24) is 0 Å². The van der Waals surface area contributed by atoms with Gasteiger partial charge in [0, 0.05) is 25.7 Å². The highest BCUT2D eigenvalue weighted by Crippen LogP contribution is 2.45. The maximum absolute atomic E-state index is 13.1. The topological polar surface area (TPSA) is 237 Å². The highest BCUT2D eigenvalue weighted by Gasteiger charge is 2.30. The fraction of sp³-hybridized carbons (Fsp3) is 0.827. The Labute approximate surface area is 610 Å². The van der Waals surface area contributed by atoms with Crippen molar-refractivity contribution in [2.24, 2.45) is 0 Å². The van der Waals surface area contributed by atoms with Crippen molar-refractivity contribution in [2.75, 3.05) is 39.6 Å². The van der Waals surface area contributed by atoms with Gasteiger partial charge in [0.25, 0.3) is 0 Å². The van der Waals surface area contributed by atoms with Gasteiger partial charge in [-0.05, 0) is 109 Å². The molecule has 0 aliphatic rings. The molecule has 0 aromatic carbocycles. The Hall–Kier alpha value is -3.24. The predicted molar refractivity (Wildman–Crippen MR) is 409 cm³/mol. The van der Waals surface area contributed by atoms with E-state index in [-0.39, 0.29) is 25.7 Å². The zero-order valence-corrected chi connectivity index (χ0v) is 65.7. The summed E-state index contributed by atoms with van der Waals surface area (Å²) in [5.74, 6) is -2.17. The lowest BCUT2D eigenvalue weighted by Crippen LogP contribution is -2.30. The molecule has 17 nitrogen and oxygen atoms in total. The minimum atomic E-state index is -4.97. The molecule has 0 saturated heterocycles. The first-order valence-corrected chi connectivity index (χ1v) is 43.5. The molecule has 584 valence electrons. The van der Waals surface area contributed by atoms with E-state index >= 15 is 0 Å². The Bertz CT molecular complexity index is 2130. The van der Waals surface area contributed by atoms with E-state index < -0.39 is 97.5 Å². The molecular weight excluding hydrogens is 1310 g/mol. The first kappa shape index (κ1) is 96.8. The molecule has 0 aromatic rings. The zero-order chi connectivity index (χ0) is 73.2. The number of hydrogen-bond donors (Lipinski definition) is 3. The van der Waals surface area contributed by atoms with Crippen LogP contribution in [0.4, 0.5) is 0 Å². The van der Waals surface area contributed by atoms with Crippen LogP contribution in [0.3, 0.4) is 0 Å². The quantitative estimate of drug-likeness (QED) is 0.0169. The van der Waals surface area contributed by atoms with Gasteiger partial charge in [-0.1, -0.05) is 300 Å². The van der Waals surface area contributed by atoms with Gasteiger partial charge in [0.2, 0.25) is 0 Å². The number of carbonyl (C=O) groups is 4. The van der Waals surface area contributed by atoms with E-state index in [1.807, 2.05) is 0 Å². The fourth-order valence-electron chi connectivity index (χ4n) is 11.3. The van der Waals surface area contributed by atoms with Crippen LogP contribution in [0.5, 0.6) is 0 Å². The summed E-state index contributed by atoms with van der Waals surface area (Å²) in [5, 5.41) is 10.6. The van der Waals surface area contributed by atoms with E-state index in [0.717, 1.165) is 167 Å². The van der Waals surface area contributed by atoms with E-state index in [9.17, 15) is 43.2 Å². The first-order valence-electron chi connectivity index (χ1n) is 40.5. The molecule has 19 heteroatoms. The third kappa shape index (κ3) is 73.1. The third-order valence-corrected chi connectivity index (χ3v) is 19.4. The molecule has 5 atom stereocenters.